The van der Waals surface area contributed by atoms with Gasteiger partial charge in [0.25, 0.3) is 0 Å². The number of aryl methyl sites for hydroxylation is 1. The van der Waals surface area contributed by atoms with E-state index in [1.54, 1.807) is 6.07 Å². The normalized spacial score (nSPS) is 16.3. The molecule has 1 aliphatic heterocycles. The largest absolute Gasteiger partial charge is 0.356 e. The molecule has 29 heavy (non-hydrogen) atoms. The van der Waals surface area contributed by atoms with Gasteiger partial charge in [0.15, 0.2) is 5.76 Å². The number of amides is 2. The van der Waals surface area contributed by atoms with Crippen molar-refractivity contribution < 1.29 is 18.5 Å². The molecule has 0 radical (unpaired) electrons. The van der Waals surface area contributed by atoms with E-state index in [0.29, 0.717) is 17.1 Å². The molecule has 3 aromatic rings. The molecule has 0 spiro atoms. The van der Waals surface area contributed by atoms with Gasteiger partial charge >= 0.3 is 0 Å². The molecular formula is C22H20FN3O3. The molecule has 6 nitrogen and oxygen atoms in total. The lowest BCUT2D eigenvalue weighted by Gasteiger charge is -2.16. The second-order valence-electron chi connectivity index (χ2n) is 7.15. The summed E-state index contributed by atoms with van der Waals surface area (Å²) in [4.78, 5) is 26.3. The molecule has 1 saturated heterocycles. The van der Waals surface area contributed by atoms with Crippen LogP contribution in [0, 0.1) is 18.7 Å². The predicted molar refractivity (Wildman–Crippen MR) is 105 cm³/mol. The van der Waals surface area contributed by atoms with Gasteiger partial charge in [-0.25, -0.2) is 4.39 Å². The van der Waals surface area contributed by atoms with Crippen molar-refractivity contribution in [3.8, 4) is 11.3 Å². The van der Waals surface area contributed by atoms with Crippen molar-refractivity contribution in [2.24, 2.45) is 5.92 Å². The zero-order valence-electron chi connectivity index (χ0n) is 15.9. The minimum Gasteiger partial charge on any atom is -0.356 e. The van der Waals surface area contributed by atoms with Gasteiger partial charge in [-0.3, -0.25) is 9.59 Å². The Morgan fingerprint density at radius 2 is 1.93 bits per heavy atom. The van der Waals surface area contributed by atoms with E-state index in [4.69, 9.17) is 4.52 Å². The predicted octanol–water partition coefficient (Wildman–Crippen LogP) is 3.46. The molecule has 4 rings (SSSR count). The Kier molecular flexibility index (Phi) is 5.12. The SMILES string of the molecule is Cc1ccc(-c2cc(CNC(=O)[C@@H]3CC(=O)N(c4ccc(F)cc4)C3)no2)cc1. The van der Waals surface area contributed by atoms with Gasteiger partial charge in [0, 0.05) is 30.3 Å². The molecule has 1 fully saturated rings. The average Bonchev–Trinajstić information content (AvgIpc) is 3.34. The standard InChI is InChI=1S/C22H20FN3O3/c1-14-2-4-15(5-3-14)20-11-18(25-29-20)12-24-22(28)16-10-21(27)26(13-16)19-8-6-17(23)7-9-19/h2-9,11,16H,10,12-13H2,1H3,(H,24,28)/t16-/m1/s1. The van der Waals surface area contributed by atoms with Crippen molar-refractivity contribution in [2.45, 2.75) is 19.9 Å². The van der Waals surface area contributed by atoms with Crippen LogP contribution in [0.5, 0.6) is 0 Å². The van der Waals surface area contributed by atoms with Gasteiger partial charge in [-0.05, 0) is 31.2 Å². The van der Waals surface area contributed by atoms with Crippen LogP contribution in [0.25, 0.3) is 11.3 Å². The van der Waals surface area contributed by atoms with E-state index in [2.05, 4.69) is 10.5 Å². The summed E-state index contributed by atoms with van der Waals surface area (Å²) >= 11 is 0. The molecular weight excluding hydrogens is 373 g/mol. The number of hydrogen-bond donors (Lipinski definition) is 1. The second-order valence-corrected chi connectivity index (χ2v) is 7.15. The Morgan fingerprint density at radius 1 is 1.21 bits per heavy atom. The van der Waals surface area contributed by atoms with Crippen molar-refractivity contribution in [3.63, 3.8) is 0 Å². The van der Waals surface area contributed by atoms with E-state index in [9.17, 15) is 14.0 Å². The summed E-state index contributed by atoms with van der Waals surface area (Å²) in [5, 5.41) is 6.81. The number of hydrogen-bond acceptors (Lipinski definition) is 4. The zero-order valence-corrected chi connectivity index (χ0v) is 15.9. The van der Waals surface area contributed by atoms with E-state index in [1.165, 1.54) is 29.2 Å². The molecule has 7 heteroatoms. The first-order valence-corrected chi connectivity index (χ1v) is 9.36. The van der Waals surface area contributed by atoms with Crippen LogP contribution >= 0.6 is 0 Å². The number of carbonyl (C=O) groups excluding carboxylic acids is 2. The summed E-state index contributed by atoms with van der Waals surface area (Å²) in [6, 6.07) is 15.3. The lowest BCUT2D eigenvalue weighted by atomic mass is 10.1. The molecule has 1 aromatic heterocycles. The van der Waals surface area contributed by atoms with Crippen LogP contribution in [-0.4, -0.2) is 23.5 Å². The fourth-order valence-electron chi connectivity index (χ4n) is 3.32. The summed E-state index contributed by atoms with van der Waals surface area (Å²) in [5.74, 6) is -0.571. The van der Waals surface area contributed by atoms with Crippen LogP contribution in [0.15, 0.2) is 59.1 Å². The second kappa shape index (κ2) is 7.87. The smallest absolute Gasteiger partial charge is 0.227 e. The van der Waals surface area contributed by atoms with E-state index < -0.39 is 5.92 Å². The zero-order chi connectivity index (χ0) is 20.4. The van der Waals surface area contributed by atoms with E-state index in [-0.39, 0.29) is 37.1 Å². The monoisotopic (exact) mass is 393 g/mol. The third kappa shape index (κ3) is 4.18. The third-order valence-corrected chi connectivity index (χ3v) is 4.97. The van der Waals surface area contributed by atoms with Gasteiger partial charge in [-0.1, -0.05) is 35.0 Å². The number of nitrogens with zero attached hydrogens (tertiary/aromatic N) is 2. The van der Waals surface area contributed by atoms with Crippen molar-refractivity contribution in [1.82, 2.24) is 10.5 Å². The summed E-state index contributed by atoms with van der Waals surface area (Å²) in [6.07, 6.45) is 0.122. The third-order valence-electron chi connectivity index (χ3n) is 4.97. The van der Waals surface area contributed by atoms with Crippen molar-refractivity contribution in [3.05, 3.63) is 71.7 Å². The molecule has 0 unspecified atom stereocenters. The molecule has 2 heterocycles. The quantitative estimate of drug-likeness (QED) is 0.720. The van der Waals surface area contributed by atoms with Crippen LogP contribution in [-0.2, 0) is 16.1 Å². The van der Waals surface area contributed by atoms with Gasteiger partial charge in [-0.15, -0.1) is 0 Å². The van der Waals surface area contributed by atoms with Crippen molar-refractivity contribution in [2.75, 3.05) is 11.4 Å². The van der Waals surface area contributed by atoms with E-state index in [0.717, 1.165) is 11.1 Å². The molecule has 0 bridgehead atoms. The fraction of sp³-hybridized carbons (Fsp3) is 0.227. The maximum absolute atomic E-state index is 13.1. The van der Waals surface area contributed by atoms with Crippen LogP contribution in [0.2, 0.25) is 0 Å². The average molecular weight is 393 g/mol. The molecule has 2 amide bonds. The highest BCUT2D eigenvalue weighted by Gasteiger charge is 2.35. The number of benzene rings is 2. The van der Waals surface area contributed by atoms with Gasteiger partial charge in [-0.2, -0.15) is 0 Å². The molecule has 1 atom stereocenters. The molecule has 0 saturated carbocycles. The van der Waals surface area contributed by atoms with Crippen LogP contribution < -0.4 is 10.2 Å². The number of anilines is 1. The summed E-state index contributed by atoms with van der Waals surface area (Å²) in [5.41, 5.74) is 3.26. The molecule has 148 valence electrons. The topological polar surface area (TPSA) is 75.4 Å². The lowest BCUT2D eigenvalue weighted by molar-refractivity contribution is -0.126. The van der Waals surface area contributed by atoms with Gasteiger partial charge in [0.2, 0.25) is 11.8 Å². The Balaban J connectivity index is 1.35. The van der Waals surface area contributed by atoms with Crippen LogP contribution in [0.3, 0.4) is 0 Å². The highest BCUT2D eigenvalue weighted by Crippen LogP contribution is 2.26. The van der Waals surface area contributed by atoms with Crippen LogP contribution in [0.1, 0.15) is 17.7 Å². The number of halogens is 1. The maximum atomic E-state index is 13.1. The number of carbonyl (C=O) groups is 2. The highest BCUT2D eigenvalue weighted by atomic mass is 19.1. The van der Waals surface area contributed by atoms with Crippen molar-refractivity contribution >= 4 is 17.5 Å². The Morgan fingerprint density at radius 3 is 2.66 bits per heavy atom. The lowest BCUT2D eigenvalue weighted by Crippen LogP contribution is -2.32. The molecule has 1 aliphatic rings. The van der Waals surface area contributed by atoms with Crippen molar-refractivity contribution in [1.29, 1.82) is 0 Å². The van der Waals surface area contributed by atoms with E-state index in [1.807, 2.05) is 31.2 Å². The Labute approximate surface area is 167 Å². The fourth-order valence-corrected chi connectivity index (χ4v) is 3.32. The Bertz CT molecular complexity index is 1030. The number of nitrogens with one attached hydrogen (secondary N) is 1. The molecule has 1 N–H and O–H groups in total. The van der Waals surface area contributed by atoms with E-state index >= 15 is 0 Å². The molecule has 2 aromatic carbocycles. The van der Waals surface area contributed by atoms with Gasteiger partial charge < -0.3 is 14.7 Å². The first-order chi connectivity index (χ1) is 14.0. The summed E-state index contributed by atoms with van der Waals surface area (Å²) in [6.45, 7) is 2.50. The first-order valence-electron chi connectivity index (χ1n) is 9.36. The molecule has 0 aliphatic carbocycles. The first kappa shape index (κ1) is 18.9. The Hall–Kier alpha value is -3.48. The number of aromatic nitrogens is 1. The maximum Gasteiger partial charge on any atom is 0.227 e. The minimum atomic E-state index is -0.462. The summed E-state index contributed by atoms with van der Waals surface area (Å²) in [7, 11) is 0. The summed E-state index contributed by atoms with van der Waals surface area (Å²) < 4.78 is 18.4. The van der Waals surface area contributed by atoms with Crippen LogP contribution in [0.4, 0.5) is 10.1 Å². The minimum absolute atomic E-state index is 0.122. The van der Waals surface area contributed by atoms with Gasteiger partial charge in [0.1, 0.15) is 11.5 Å². The van der Waals surface area contributed by atoms with Gasteiger partial charge in [0.05, 0.1) is 12.5 Å². The highest BCUT2D eigenvalue weighted by molar-refractivity contribution is 6.00. The number of rotatable bonds is 5.